The smallest absolute Gasteiger partial charge is 0.187 e. The fourth-order valence-electron chi connectivity index (χ4n) is 6.76. The minimum absolute atomic E-state index is 0.0800. The van der Waals surface area contributed by atoms with Crippen molar-refractivity contribution in [2.45, 2.75) is 67.7 Å². The highest BCUT2D eigenvalue weighted by molar-refractivity contribution is 4.97. The molecular weight excluding hydrogens is 604 g/mol. The summed E-state index contributed by atoms with van der Waals surface area (Å²) in [5.41, 5.74) is 0. The number of hydrogen-bond donors (Lipinski definition) is 4. The van der Waals surface area contributed by atoms with Crippen molar-refractivity contribution in [2.24, 2.45) is 23.7 Å². The summed E-state index contributed by atoms with van der Waals surface area (Å²) in [7, 11) is 10.4. The quantitative estimate of drug-likeness (QED) is 0.126. The highest BCUT2D eigenvalue weighted by Crippen LogP contribution is 2.40. The number of aliphatic hydroxyl groups is 4. The summed E-state index contributed by atoms with van der Waals surface area (Å²) in [4.78, 5) is 0. The molecule has 3 rings (SSSR count). The Morgan fingerprint density at radius 2 is 0.756 bits per heavy atom. The van der Waals surface area contributed by atoms with Crippen molar-refractivity contribution in [3.63, 3.8) is 0 Å². The fourth-order valence-corrected chi connectivity index (χ4v) is 6.76. The van der Waals surface area contributed by atoms with Crippen LogP contribution in [-0.4, -0.2) is 184 Å². The zero-order chi connectivity index (χ0) is 33.1. The van der Waals surface area contributed by atoms with Crippen LogP contribution >= 0.6 is 0 Å². The lowest BCUT2D eigenvalue weighted by molar-refractivity contribution is -0.377. The van der Waals surface area contributed by atoms with Crippen LogP contribution in [-0.2, 0) is 56.8 Å². The molecule has 3 aliphatic rings. The first-order chi connectivity index (χ1) is 21.9. The van der Waals surface area contributed by atoms with E-state index in [0.29, 0.717) is 0 Å². The van der Waals surface area contributed by atoms with Crippen molar-refractivity contribution < 1.29 is 77.3 Å². The fraction of sp³-hybridized carbons (Fsp3) is 1.00. The molecule has 3 saturated heterocycles. The topological polar surface area (TPSA) is 192 Å². The molecule has 0 amide bonds. The first kappa shape index (κ1) is 38.8. The first-order valence-electron chi connectivity index (χ1n) is 15.1. The highest BCUT2D eigenvalue weighted by Gasteiger charge is 2.55. The normalized spacial score (nSPS) is 42.6. The van der Waals surface area contributed by atoms with Crippen LogP contribution in [0.2, 0.25) is 0 Å². The van der Waals surface area contributed by atoms with Crippen molar-refractivity contribution in [3.05, 3.63) is 0 Å². The van der Waals surface area contributed by atoms with Crippen LogP contribution in [0, 0.1) is 23.7 Å². The van der Waals surface area contributed by atoms with Crippen LogP contribution in [0.1, 0.15) is 0 Å². The van der Waals surface area contributed by atoms with Gasteiger partial charge in [0.2, 0.25) is 0 Å². The lowest BCUT2D eigenvalue weighted by Gasteiger charge is -2.51. The lowest BCUT2D eigenvalue weighted by Crippen LogP contribution is -2.65. The van der Waals surface area contributed by atoms with E-state index in [1.807, 2.05) is 0 Å². The largest absolute Gasteiger partial charge is 0.396 e. The second-order valence-corrected chi connectivity index (χ2v) is 11.4. The van der Waals surface area contributed by atoms with Crippen molar-refractivity contribution in [2.75, 3.05) is 96.0 Å². The Hall–Kier alpha value is -0.640. The van der Waals surface area contributed by atoms with Crippen LogP contribution in [0.25, 0.3) is 0 Å². The third-order valence-electron chi connectivity index (χ3n) is 9.10. The number of ether oxygens (including phenoxy) is 12. The zero-order valence-electron chi connectivity index (χ0n) is 27.3. The highest BCUT2D eigenvalue weighted by atomic mass is 16.8. The maximum absolute atomic E-state index is 10.6. The molecule has 16 heteroatoms. The van der Waals surface area contributed by atoms with Crippen LogP contribution in [0.3, 0.4) is 0 Å². The van der Waals surface area contributed by atoms with Gasteiger partial charge in [0.05, 0.1) is 63.6 Å². The van der Waals surface area contributed by atoms with Gasteiger partial charge in [-0.25, -0.2) is 0 Å². The Bertz CT molecular complexity index is 810. The van der Waals surface area contributed by atoms with E-state index in [-0.39, 0.29) is 46.2 Å². The van der Waals surface area contributed by atoms with Crippen LogP contribution in [0.5, 0.6) is 0 Å². The molecule has 15 atom stereocenters. The predicted molar refractivity (Wildman–Crippen MR) is 153 cm³/mol. The van der Waals surface area contributed by atoms with E-state index in [1.165, 1.54) is 49.8 Å². The van der Waals surface area contributed by atoms with Gasteiger partial charge < -0.3 is 77.3 Å². The van der Waals surface area contributed by atoms with Crippen LogP contribution < -0.4 is 0 Å². The van der Waals surface area contributed by atoms with E-state index in [4.69, 9.17) is 56.8 Å². The Kier molecular flexibility index (Phi) is 16.7. The molecule has 0 saturated carbocycles. The average molecular weight is 659 g/mol. The van der Waals surface area contributed by atoms with Gasteiger partial charge in [-0.15, -0.1) is 0 Å². The van der Waals surface area contributed by atoms with E-state index >= 15 is 0 Å². The Balaban J connectivity index is 1.99. The molecule has 3 aliphatic heterocycles. The van der Waals surface area contributed by atoms with Gasteiger partial charge in [0.25, 0.3) is 0 Å². The second kappa shape index (κ2) is 19.4. The van der Waals surface area contributed by atoms with E-state index < -0.39 is 91.4 Å². The molecule has 0 aromatic heterocycles. The molecule has 0 bridgehead atoms. The van der Waals surface area contributed by atoms with E-state index in [2.05, 4.69) is 0 Å². The van der Waals surface area contributed by atoms with Crippen molar-refractivity contribution in [1.29, 1.82) is 0 Å². The summed E-state index contributed by atoms with van der Waals surface area (Å²) in [6.45, 7) is -0.874. The SMILES string of the molecule is COCC1O[C@@H](O[C@@H]2C(OC)[C@H](O[C@@H]3C(OC)[C@H](OC)OC(COC)[C@@H]3CO)OC(COC)[C@@H]2CO)C(OC)[C@@H](CO)[C@H]1CO. The van der Waals surface area contributed by atoms with Crippen molar-refractivity contribution >= 4 is 0 Å². The summed E-state index contributed by atoms with van der Waals surface area (Å²) < 4.78 is 71.0. The molecule has 6 unspecified atom stereocenters. The Labute approximate surface area is 264 Å². The maximum atomic E-state index is 10.6. The van der Waals surface area contributed by atoms with Crippen molar-refractivity contribution in [1.82, 2.24) is 0 Å². The molecule has 0 aromatic rings. The second-order valence-electron chi connectivity index (χ2n) is 11.4. The number of aliphatic hydroxyl groups excluding tert-OH is 4. The van der Waals surface area contributed by atoms with E-state index in [0.717, 1.165) is 0 Å². The van der Waals surface area contributed by atoms with Gasteiger partial charge in [0, 0.05) is 86.7 Å². The Morgan fingerprint density at radius 3 is 1.11 bits per heavy atom. The van der Waals surface area contributed by atoms with Gasteiger partial charge in [-0.3, -0.25) is 0 Å². The summed E-state index contributed by atoms with van der Waals surface area (Å²) in [5, 5.41) is 41.5. The molecular formula is C29H54O16. The monoisotopic (exact) mass is 658 g/mol. The first-order valence-corrected chi connectivity index (χ1v) is 15.1. The molecule has 0 aliphatic carbocycles. The zero-order valence-corrected chi connectivity index (χ0v) is 27.3. The van der Waals surface area contributed by atoms with Gasteiger partial charge in [-0.2, -0.15) is 0 Å². The molecule has 4 N–H and O–H groups in total. The number of methoxy groups -OCH3 is 7. The summed E-state index contributed by atoms with van der Waals surface area (Å²) in [6, 6.07) is 0. The number of rotatable bonds is 18. The minimum Gasteiger partial charge on any atom is -0.396 e. The van der Waals surface area contributed by atoms with E-state index in [1.54, 1.807) is 0 Å². The molecule has 0 radical (unpaired) electrons. The summed E-state index contributed by atoms with van der Waals surface area (Å²) in [5.74, 6) is -2.31. The standard InChI is InChI=1S/C29H54O16/c1-34-12-19-15(8-30)16(9-31)24(37-4)28(42-19)44-23-18(11-33)21(14-36-3)43-29(26(23)39-6)45-22-17(10-32)20(13-35-2)41-27(40-7)25(22)38-5/h15-33H,8-14H2,1-7H3/t15-,16+,17+,18+,19?,20?,21?,22+,23+,24?,25?,26?,27-,28+,29+/m1/s1. The maximum Gasteiger partial charge on any atom is 0.187 e. The summed E-state index contributed by atoms with van der Waals surface area (Å²) >= 11 is 0. The predicted octanol–water partition coefficient (Wildman–Crippen LogP) is -2.00. The molecule has 45 heavy (non-hydrogen) atoms. The molecule has 16 nitrogen and oxygen atoms in total. The van der Waals surface area contributed by atoms with Crippen LogP contribution in [0.15, 0.2) is 0 Å². The lowest BCUT2D eigenvalue weighted by atomic mass is 9.81. The minimum atomic E-state index is -1.11. The third kappa shape index (κ3) is 8.70. The van der Waals surface area contributed by atoms with Crippen LogP contribution in [0.4, 0.5) is 0 Å². The number of hydrogen-bond acceptors (Lipinski definition) is 16. The molecule has 0 aromatic carbocycles. The van der Waals surface area contributed by atoms with Gasteiger partial charge in [0.15, 0.2) is 18.9 Å². The molecule has 3 fully saturated rings. The van der Waals surface area contributed by atoms with Gasteiger partial charge >= 0.3 is 0 Å². The Morgan fingerprint density at radius 1 is 0.400 bits per heavy atom. The van der Waals surface area contributed by atoms with Gasteiger partial charge in [0.1, 0.15) is 18.3 Å². The summed E-state index contributed by atoms with van der Waals surface area (Å²) in [6.07, 6.45) is -9.18. The third-order valence-corrected chi connectivity index (χ3v) is 9.10. The van der Waals surface area contributed by atoms with Crippen molar-refractivity contribution in [3.8, 4) is 0 Å². The van der Waals surface area contributed by atoms with Gasteiger partial charge in [-0.1, -0.05) is 0 Å². The average Bonchev–Trinajstić information content (AvgIpc) is 3.04. The molecule has 0 spiro atoms. The van der Waals surface area contributed by atoms with E-state index in [9.17, 15) is 20.4 Å². The molecule has 266 valence electrons. The van der Waals surface area contributed by atoms with Gasteiger partial charge in [-0.05, 0) is 0 Å². The molecule has 3 heterocycles.